The minimum Gasteiger partial charge on any atom is -0.350 e. The van der Waals surface area contributed by atoms with Crippen molar-refractivity contribution in [3.05, 3.63) is 94.3 Å². The molecule has 8 heteroatoms. The number of hydrogen-bond donors (Lipinski definition) is 1. The summed E-state index contributed by atoms with van der Waals surface area (Å²) in [5, 5.41) is 5.29. The lowest BCUT2D eigenvalue weighted by Gasteiger charge is -2.30. The molecule has 0 fully saturated rings. The zero-order valence-electron chi connectivity index (χ0n) is 19.2. The van der Waals surface area contributed by atoms with E-state index in [1.165, 1.54) is 23.9 Å². The fourth-order valence-corrected chi connectivity index (χ4v) is 5.72. The van der Waals surface area contributed by atoms with Gasteiger partial charge in [0.05, 0.1) is 10.8 Å². The molecule has 1 aromatic heterocycles. The maximum Gasteiger partial charge on any atom is 0.248 e. The predicted octanol–water partition coefficient (Wildman–Crippen LogP) is 5.78. The highest BCUT2D eigenvalue weighted by Crippen LogP contribution is 2.43. The lowest BCUT2D eigenvalue weighted by Crippen LogP contribution is -2.43. The number of amides is 2. The Bertz CT molecular complexity index is 1450. The molecule has 1 atom stereocenters. The van der Waals surface area contributed by atoms with Gasteiger partial charge in [-0.05, 0) is 48.4 Å². The number of halogens is 2. The van der Waals surface area contributed by atoms with Crippen LogP contribution >= 0.6 is 23.4 Å². The van der Waals surface area contributed by atoms with Crippen LogP contribution in [-0.4, -0.2) is 22.1 Å². The van der Waals surface area contributed by atoms with E-state index < -0.39 is 6.04 Å². The van der Waals surface area contributed by atoms with Gasteiger partial charge in [0, 0.05) is 40.8 Å². The van der Waals surface area contributed by atoms with Gasteiger partial charge in [0.1, 0.15) is 11.9 Å². The molecule has 5 nitrogen and oxygen atoms in total. The predicted molar refractivity (Wildman–Crippen MR) is 138 cm³/mol. The van der Waals surface area contributed by atoms with Crippen molar-refractivity contribution in [3.8, 4) is 0 Å². The molecule has 0 spiro atoms. The second kappa shape index (κ2) is 9.40. The first-order valence-electron chi connectivity index (χ1n) is 11.2. The summed E-state index contributed by atoms with van der Waals surface area (Å²) in [4.78, 5) is 28.9. The van der Waals surface area contributed by atoms with E-state index in [-0.39, 0.29) is 29.9 Å². The number of hydrogen-bond acceptors (Lipinski definition) is 3. The monoisotopic (exact) mass is 507 g/mol. The highest BCUT2D eigenvalue weighted by Gasteiger charge is 2.39. The molecule has 4 aromatic rings. The molecule has 3 aromatic carbocycles. The van der Waals surface area contributed by atoms with Gasteiger partial charge >= 0.3 is 0 Å². The summed E-state index contributed by atoms with van der Waals surface area (Å²) in [6.45, 7) is 2.10. The van der Waals surface area contributed by atoms with Gasteiger partial charge in [-0.25, -0.2) is 4.39 Å². The number of anilines is 1. The Balaban J connectivity index is 1.64. The molecule has 0 aliphatic carbocycles. The van der Waals surface area contributed by atoms with Crippen molar-refractivity contribution in [2.45, 2.75) is 24.5 Å². The maximum absolute atomic E-state index is 13.9. The van der Waals surface area contributed by atoms with Crippen molar-refractivity contribution in [2.75, 3.05) is 10.7 Å². The van der Waals surface area contributed by atoms with Crippen molar-refractivity contribution < 1.29 is 14.0 Å². The van der Waals surface area contributed by atoms with Crippen LogP contribution in [-0.2, 0) is 23.2 Å². The summed E-state index contributed by atoms with van der Waals surface area (Å²) in [6, 6.07) is 18.3. The maximum atomic E-state index is 13.9. The molecule has 35 heavy (non-hydrogen) atoms. The van der Waals surface area contributed by atoms with E-state index in [2.05, 4.69) is 5.32 Å². The van der Waals surface area contributed by atoms with Gasteiger partial charge in [0.25, 0.3) is 0 Å². The van der Waals surface area contributed by atoms with E-state index in [1.54, 1.807) is 23.1 Å². The van der Waals surface area contributed by atoms with Crippen LogP contribution in [0.4, 0.5) is 10.1 Å². The molecule has 2 amide bonds. The lowest BCUT2D eigenvalue weighted by molar-refractivity contribution is -0.125. The molecule has 0 bridgehead atoms. The Morgan fingerprint density at radius 1 is 1.14 bits per heavy atom. The number of nitrogens with one attached hydrogen (secondary N) is 1. The van der Waals surface area contributed by atoms with Crippen LogP contribution in [0, 0.1) is 12.7 Å². The molecule has 1 N–H and O–H groups in total. The summed E-state index contributed by atoms with van der Waals surface area (Å²) in [6.07, 6.45) is 0. The zero-order chi connectivity index (χ0) is 24.7. The number of benzene rings is 3. The molecule has 2 heterocycles. The summed E-state index contributed by atoms with van der Waals surface area (Å²) >= 11 is 7.85. The number of fused-ring (bicyclic) bond motifs is 3. The minimum atomic E-state index is -0.905. The Morgan fingerprint density at radius 2 is 1.89 bits per heavy atom. The molecule has 1 aliphatic rings. The molecule has 0 saturated carbocycles. The third-order valence-corrected chi connectivity index (χ3v) is 7.85. The first-order chi connectivity index (χ1) is 16.8. The average Bonchev–Trinajstić information content (AvgIpc) is 3.03. The van der Waals surface area contributed by atoms with Crippen LogP contribution in [0.3, 0.4) is 0 Å². The molecule has 178 valence electrons. The Morgan fingerprint density at radius 3 is 2.63 bits per heavy atom. The van der Waals surface area contributed by atoms with E-state index in [1.807, 2.05) is 54.9 Å². The summed E-state index contributed by atoms with van der Waals surface area (Å²) in [5.41, 5.74) is 3.98. The number of carbonyl (C=O) groups is 2. The summed E-state index contributed by atoms with van der Waals surface area (Å²) < 4.78 is 15.4. The highest BCUT2D eigenvalue weighted by atomic mass is 35.5. The SMILES string of the molecule is Cc1ccc(N2C(=O)CSc3c(c4ccccc4n3C)[C@H]2C(=O)NCc2ccc(F)cc2)cc1Cl. The summed E-state index contributed by atoms with van der Waals surface area (Å²) in [5.74, 6) is -0.657. The second-order valence-corrected chi connectivity index (χ2v) is 9.90. The number of aromatic nitrogens is 1. The fourth-order valence-electron chi connectivity index (χ4n) is 4.47. The van der Waals surface area contributed by atoms with Crippen molar-refractivity contribution >= 4 is 51.8 Å². The third-order valence-electron chi connectivity index (χ3n) is 6.29. The molecule has 0 radical (unpaired) electrons. The molecular weight excluding hydrogens is 485 g/mol. The van der Waals surface area contributed by atoms with E-state index in [9.17, 15) is 14.0 Å². The normalized spacial score (nSPS) is 15.7. The molecular formula is C27H23ClFN3O2S. The van der Waals surface area contributed by atoms with Gasteiger partial charge in [-0.15, -0.1) is 0 Å². The molecule has 5 rings (SSSR count). The van der Waals surface area contributed by atoms with Crippen LogP contribution in [0.2, 0.25) is 5.02 Å². The van der Waals surface area contributed by atoms with Gasteiger partial charge in [0.2, 0.25) is 11.8 Å². The van der Waals surface area contributed by atoms with Gasteiger partial charge in [-0.2, -0.15) is 0 Å². The summed E-state index contributed by atoms with van der Waals surface area (Å²) in [7, 11) is 1.95. The van der Waals surface area contributed by atoms with E-state index >= 15 is 0 Å². The van der Waals surface area contributed by atoms with E-state index in [4.69, 9.17) is 11.6 Å². The van der Waals surface area contributed by atoms with Gasteiger partial charge in [0.15, 0.2) is 0 Å². The molecule has 1 aliphatic heterocycles. The molecule has 0 unspecified atom stereocenters. The second-order valence-electron chi connectivity index (χ2n) is 8.53. The highest BCUT2D eigenvalue weighted by molar-refractivity contribution is 8.00. The standard InChI is InChI=1S/C27H23ClFN3O2S/c1-16-7-12-19(13-21(16)28)32-23(33)15-35-27-24(20-5-3-4-6-22(20)31(27)2)25(32)26(34)30-14-17-8-10-18(29)11-9-17/h3-13,25H,14-15H2,1-2H3,(H,30,34)/t25-/m0/s1. The van der Waals surface area contributed by atoms with Crippen LogP contribution < -0.4 is 10.2 Å². The van der Waals surface area contributed by atoms with Crippen LogP contribution in [0.1, 0.15) is 22.7 Å². The van der Waals surface area contributed by atoms with Crippen LogP contribution in [0.25, 0.3) is 10.9 Å². The average molecular weight is 508 g/mol. The quantitative estimate of drug-likeness (QED) is 0.381. The first-order valence-corrected chi connectivity index (χ1v) is 12.5. The fraction of sp³-hybridized carbons (Fsp3) is 0.185. The van der Waals surface area contributed by atoms with Crippen molar-refractivity contribution in [1.29, 1.82) is 0 Å². The Kier molecular flexibility index (Phi) is 6.30. The van der Waals surface area contributed by atoms with Gasteiger partial charge in [-0.1, -0.05) is 59.8 Å². The third kappa shape index (κ3) is 4.30. The first kappa shape index (κ1) is 23.5. The largest absolute Gasteiger partial charge is 0.350 e. The van der Waals surface area contributed by atoms with Crippen LogP contribution in [0.5, 0.6) is 0 Å². The lowest BCUT2D eigenvalue weighted by atomic mass is 10.0. The van der Waals surface area contributed by atoms with Gasteiger partial charge < -0.3 is 9.88 Å². The zero-order valence-corrected chi connectivity index (χ0v) is 20.8. The minimum absolute atomic E-state index is 0.183. The number of para-hydroxylation sites is 1. The van der Waals surface area contributed by atoms with Crippen molar-refractivity contribution in [3.63, 3.8) is 0 Å². The van der Waals surface area contributed by atoms with E-state index in [0.29, 0.717) is 10.7 Å². The van der Waals surface area contributed by atoms with Crippen molar-refractivity contribution in [2.24, 2.45) is 7.05 Å². The number of nitrogens with zero attached hydrogens (tertiary/aromatic N) is 2. The van der Waals surface area contributed by atoms with E-state index in [0.717, 1.165) is 32.6 Å². The van der Waals surface area contributed by atoms with Crippen molar-refractivity contribution in [1.82, 2.24) is 9.88 Å². The topological polar surface area (TPSA) is 54.3 Å². The smallest absolute Gasteiger partial charge is 0.248 e. The number of thioether (sulfide) groups is 1. The Labute approximate surface area is 211 Å². The number of aryl methyl sites for hydroxylation is 2. The number of rotatable bonds is 4. The number of carbonyl (C=O) groups excluding carboxylic acids is 2. The van der Waals surface area contributed by atoms with Crippen LogP contribution in [0.15, 0.2) is 71.8 Å². The van der Waals surface area contributed by atoms with Gasteiger partial charge in [-0.3, -0.25) is 14.5 Å². The molecule has 0 saturated heterocycles. The Hall–Kier alpha value is -3.29.